The molecule has 2 N–H and O–H groups in total. The van der Waals surface area contributed by atoms with Crippen LogP contribution in [0.4, 0.5) is 0 Å². The fraction of sp³-hybridized carbons (Fsp3) is 0.667. The molecule has 1 aromatic rings. The Hall–Kier alpha value is -1.36. The summed E-state index contributed by atoms with van der Waals surface area (Å²) in [4.78, 5) is 14.2. The smallest absolute Gasteiger partial charge is 0.257 e. The number of hydrogen-bond donors (Lipinski definition) is 2. The van der Waals surface area contributed by atoms with Crippen molar-refractivity contribution in [2.45, 2.75) is 19.8 Å². The van der Waals surface area contributed by atoms with Crippen molar-refractivity contribution in [1.29, 1.82) is 0 Å². The van der Waals surface area contributed by atoms with Crippen molar-refractivity contribution >= 4 is 5.91 Å². The van der Waals surface area contributed by atoms with Crippen LogP contribution in [0.25, 0.3) is 0 Å². The Kier molecular flexibility index (Phi) is 3.78. The molecular weight excluding hydrogens is 216 g/mol. The van der Waals surface area contributed by atoms with Crippen LogP contribution in [0.5, 0.6) is 0 Å². The average Bonchev–Trinajstić information content (AvgIpc) is 2.75. The number of H-pyrrole nitrogens is 1. The Bertz CT molecular complexity index is 386. The van der Waals surface area contributed by atoms with Crippen molar-refractivity contribution in [3.05, 3.63) is 17.5 Å². The van der Waals surface area contributed by atoms with E-state index in [-0.39, 0.29) is 5.91 Å². The van der Waals surface area contributed by atoms with E-state index in [4.69, 9.17) is 0 Å². The first-order valence-corrected chi connectivity index (χ1v) is 6.16. The monoisotopic (exact) mass is 236 g/mol. The molecule has 0 unspecified atom stereocenters. The summed E-state index contributed by atoms with van der Waals surface area (Å²) in [6.45, 7) is 4.58. The van der Waals surface area contributed by atoms with Gasteiger partial charge in [-0.15, -0.1) is 0 Å². The molecule has 0 spiro atoms. The van der Waals surface area contributed by atoms with E-state index in [9.17, 15) is 4.79 Å². The lowest BCUT2D eigenvalue weighted by Gasteiger charge is -2.32. The number of likely N-dealkylation sites (tertiary alicyclic amines) is 1. The molecule has 0 radical (unpaired) electrons. The van der Waals surface area contributed by atoms with Crippen molar-refractivity contribution in [2.75, 3.05) is 26.7 Å². The number of carbonyl (C=O) groups is 1. The summed E-state index contributed by atoms with van der Waals surface area (Å²) in [6.07, 6.45) is 3.92. The topological polar surface area (TPSA) is 61.0 Å². The molecule has 1 atom stereocenters. The molecule has 5 nitrogen and oxygen atoms in total. The van der Waals surface area contributed by atoms with Crippen LogP contribution in [0, 0.1) is 12.8 Å². The molecule has 1 aliphatic rings. The molecule has 0 saturated carbocycles. The number of nitrogens with one attached hydrogen (secondary N) is 2. The summed E-state index contributed by atoms with van der Waals surface area (Å²) in [6, 6.07) is 0. The van der Waals surface area contributed by atoms with Gasteiger partial charge in [-0.05, 0) is 39.3 Å². The predicted octanol–water partition coefficient (Wildman–Crippen LogP) is 0.790. The van der Waals surface area contributed by atoms with Gasteiger partial charge < -0.3 is 10.2 Å². The van der Waals surface area contributed by atoms with E-state index >= 15 is 0 Å². The molecule has 0 bridgehead atoms. The number of aromatic nitrogens is 2. The van der Waals surface area contributed by atoms with Crippen LogP contribution >= 0.6 is 0 Å². The van der Waals surface area contributed by atoms with Gasteiger partial charge in [0.15, 0.2) is 0 Å². The summed E-state index contributed by atoms with van der Waals surface area (Å²) < 4.78 is 0. The van der Waals surface area contributed by atoms with Crippen LogP contribution in [0.15, 0.2) is 6.20 Å². The zero-order valence-corrected chi connectivity index (χ0v) is 10.5. The third-order valence-corrected chi connectivity index (χ3v) is 3.36. The van der Waals surface area contributed by atoms with Gasteiger partial charge in [0, 0.05) is 18.8 Å². The fourth-order valence-electron chi connectivity index (χ4n) is 2.44. The summed E-state index contributed by atoms with van der Waals surface area (Å²) in [5.74, 6) is 0.682. The van der Waals surface area contributed by atoms with Gasteiger partial charge in [-0.2, -0.15) is 5.10 Å². The van der Waals surface area contributed by atoms with E-state index in [0.29, 0.717) is 11.5 Å². The summed E-state index contributed by atoms with van der Waals surface area (Å²) in [7, 11) is 1.96. The van der Waals surface area contributed by atoms with Crippen molar-refractivity contribution in [3.8, 4) is 0 Å². The summed E-state index contributed by atoms with van der Waals surface area (Å²) >= 11 is 0. The number of amides is 1. The minimum Gasteiger partial charge on any atom is -0.338 e. The number of aryl methyl sites for hydroxylation is 1. The van der Waals surface area contributed by atoms with Crippen molar-refractivity contribution < 1.29 is 4.79 Å². The molecule has 0 aliphatic carbocycles. The zero-order chi connectivity index (χ0) is 12.3. The van der Waals surface area contributed by atoms with E-state index in [1.54, 1.807) is 6.20 Å². The Morgan fingerprint density at radius 1 is 1.71 bits per heavy atom. The SMILES string of the molecule is CNC[C@@H]1CCCN(C(=O)c2cn[nH]c2C)C1. The molecule has 1 aromatic heterocycles. The van der Waals surface area contributed by atoms with Gasteiger partial charge >= 0.3 is 0 Å². The van der Waals surface area contributed by atoms with Crippen LogP contribution in [0.1, 0.15) is 28.9 Å². The summed E-state index contributed by atoms with van der Waals surface area (Å²) in [5.41, 5.74) is 1.56. The van der Waals surface area contributed by atoms with Crippen LogP contribution in [0.3, 0.4) is 0 Å². The second kappa shape index (κ2) is 5.31. The van der Waals surface area contributed by atoms with Crippen LogP contribution in [-0.2, 0) is 0 Å². The number of hydrogen-bond acceptors (Lipinski definition) is 3. The fourth-order valence-corrected chi connectivity index (χ4v) is 2.44. The molecule has 1 aliphatic heterocycles. The van der Waals surface area contributed by atoms with Gasteiger partial charge in [-0.25, -0.2) is 0 Å². The second-order valence-corrected chi connectivity index (χ2v) is 4.73. The van der Waals surface area contributed by atoms with E-state index in [1.165, 1.54) is 6.42 Å². The van der Waals surface area contributed by atoms with Crippen LogP contribution in [0.2, 0.25) is 0 Å². The Balaban J connectivity index is 2.02. The van der Waals surface area contributed by atoms with Gasteiger partial charge in [0.1, 0.15) is 0 Å². The molecule has 1 amide bonds. The zero-order valence-electron chi connectivity index (χ0n) is 10.5. The highest BCUT2D eigenvalue weighted by atomic mass is 16.2. The van der Waals surface area contributed by atoms with Crippen LogP contribution in [-0.4, -0.2) is 47.7 Å². The first-order valence-electron chi connectivity index (χ1n) is 6.16. The Morgan fingerprint density at radius 2 is 2.53 bits per heavy atom. The number of piperidine rings is 1. The maximum Gasteiger partial charge on any atom is 0.257 e. The second-order valence-electron chi connectivity index (χ2n) is 4.73. The number of aromatic amines is 1. The highest BCUT2D eigenvalue weighted by molar-refractivity contribution is 5.95. The number of nitrogens with zero attached hydrogens (tertiary/aromatic N) is 2. The quantitative estimate of drug-likeness (QED) is 0.815. The van der Waals surface area contributed by atoms with Gasteiger partial charge in [-0.1, -0.05) is 0 Å². The molecule has 1 saturated heterocycles. The normalized spacial score (nSPS) is 20.6. The van der Waals surface area contributed by atoms with Gasteiger partial charge in [0.2, 0.25) is 0 Å². The molecule has 2 heterocycles. The molecule has 94 valence electrons. The lowest BCUT2D eigenvalue weighted by atomic mass is 9.97. The highest BCUT2D eigenvalue weighted by Crippen LogP contribution is 2.18. The Labute approximate surface area is 102 Å². The van der Waals surface area contributed by atoms with Gasteiger partial charge in [0.25, 0.3) is 5.91 Å². The van der Waals surface area contributed by atoms with Crippen LogP contribution < -0.4 is 5.32 Å². The number of carbonyl (C=O) groups excluding carboxylic acids is 1. The first kappa shape index (κ1) is 12.1. The third kappa shape index (κ3) is 2.66. The molecule has 5 heteroatoms. The number of rotatable bonds is 3. The first-order chi connectivity index (χ1) is 8.22. The van der Waals surface area contributed by atoms with E-state index in [0.717, 1.165) is 31.7 Å². The maximum absolute atomic E-state index is 12.3. The summed E-state index contributed by atoms with van der Waals surface area (Å²) in [5, 5.41) is 9.91. The van der Waals surface area contributed by atoms with Gasteiger partial charge in [0.05, 0.1) is 11.8 Å². The maximum atomic E-state index is 12.3. The third-order valence-electron chi connectivity index (χ3n) is 3.36. The molecule has 17 heavy (non-hydrogen) atoms. The molecule has 2 rings (SSSR count). The minimum atomic E-state index is 0.108. The lowest BCUT2D eigenvalue weighted by Crippen LogP contribution is -2.42. The predicted molar refractivity (Wildman–Crippen MR) is 65.9 cm³/mol. The van der Waals surface area contributed by atoms with Crippen molar-refractivity contribution in [2.24, 2.45) is 5.92 Å². The highest BCUT2D eigenvalue weighted by Gasteiger charge is 2.25. The van der Waals surface area contributed by atoms with Crippen molar-refractivity contribution in [1.82, 2.24) is 20.4 Å². The lowest BCUT2D eigenvalue weighted by molar-refractivity contribution is 0.0673. The standard InChI is InChI=1S/C12H20N4O/c1-9-11(7-14-15-9)12(17)16-5-3-4-10(8-16)6-13-2/h7,10,13H,3-6,8H2,1-2H3,(H,14,15)/t10-/m0/s1. The van der Waals surface area contributed by atoms with E-state index in [2.05, 4.69) is 15.5 Å². The van der Waals surface area contributed by atoms with E-state index < -0.39 is 0 Å². The largest absolute Gasteiger partial charge is 0.338 e. The molecular formula is C12H20N4O. The average molecular weight is 236 g/mol. The minimum absolute atomic E-state index is 0.108. The van der Waals surface area contributed by atoms with E-state index in [1.807, 2.05) is 18.9 Å². The Morgan fingerprint density at radius 3 is 3.18 bits per heavy atom. The molecule has 1 fully saturated rings. The van der Waals surface area contributed by atoms with Crippen molar-refractivity contribution in [3.63, 3.8) is 0 Å². The molecule has 0 aromatic carbocycles. The van der Waals surface area contributed by atoms with Gasteiger partial charge in [-0.3, -0.25) is 9.89 Å².